The van der Waals surface area contributed by atoms with Crippen LogP contribution in [0.25, 0.3) is 22.6 Å². The van der Waals surface area contributed by atoms with Crippen LogP contribution in [0.4, 0.5) is 10.1 Å². The molecule has 30 heteroatoms. The first kappa shape index (κ1) is 70.3. The van der Waals surface area contributed by atoms with Crippen molar-refractivity contribution in [2.24, 2.45) is 23.7 Å². The number of nitrogens with one attached hydrogen (secondary N) is 4. The number of Topliss-reactive ketones (excluding diaryl/α,β-unsaturated/α-hetero) is 1. The van der Waals surface area contributed by atoms with Crippen molar-refractivity contribution in [2.45, 2.75) is 163 Å². The van der Waals surface area contributed by atoms with Gasteiger partial charge in [-0.25, -0.2) is 19.0 Å². The first-order chi connectivity index (χ1) is 42.9. The molecular formula is C62H83FN12O17. The number of cyclic esters (lactones) is 2. The van der Waals surface area contributed by atoms with Gasteiger partial charge in [-0.05, 0) is 70.3 Å². The first-order valence-corrected chi connectivity index (χ1v) is 30.5. The van der Waals surface area contributed by atoms with Gasteiger partial charge >= 0.3 is 11.9 Å². The Balaban J connectivity index is 1.34. The number of rotatable bonds is 8. The average Bonchev–Trinajstić information content (AvgIpc) is 0.847. The molecule has 5 aliphatic heterocycles. The standard InChI is InChI=1S/C62H83FN12O17/c1-25(2)42-59(86)74-19-17-18-36(74)57(84)70(13)23-38(77)72(15)48(27(5)6)61(88)90-31(11)44(55(82)66-42)68-53(80)34-21-35(63)29(9)51-46(34)65-47-40(41(64)50(79)30(10)52(47)92-51)54(81)69-45-32(12)91-62(89)49(28(7)8)73(16)39(78)24-71(14)58(85)37-20-33(76)22-75(37)60(87)43(26(3)4)67-56(45)83/h21,25-28,31-32,36-37,42-45,48-49H,17-20,22-24,64H2,1-16H3,(H,66,82)(H,67,83)(H,68,80)(H,69,81). The molecule has 1 aliphatic carbocycles. The summed E-state index contributed by atoms with van der Waals surface area (Å²) < 4.78 is 34.4. The summed E-state index contributed by atoms with van der Waals surface area (Å²) >= 11 is 0. The molecule has 10 amide bonds. The van der Waals surface area contributed by atoms with E-state index in [1.165, 1.54) is 65.7 Å². The Morgan fingerprint density at radius 3 is 1.59 bits per heavy atom. The topological polar surface area (TPSA) is 377 Å². The fourth-order valence-corrected chi connectivity index (χ4v) is 12.2. The molecule has 29 nitrogen and oxygen atoms in total. The SMILES string of the molecule is Cc1c2oc3c(C)c(F)cc(C(=O)NC4C(=O)NC(C(C)C)C(=O)N5CCCC5C(=O)N(C)CC(=O)N(C)C(C(C)C)C(=O)OC4C)c3nc-2c(C(=O)NC2C(=O)NC(C(C)C)C(=O)N3CC(=O)CC3C(=O)N(C)CC(=O)N(C)C(C(C)C)C(=O)OC2C)c(N)c1=O. The van der Waals surface area contributed by atoms with Crippen molar-refractivity contribution < 1.29 is 80.6 Å². The maximum absolute atomic E-state index is 16.4. The second-order valence-corrected chi connectivity index (χ2v) is 25.7. The van der Waals surface area contributed by atoms with E-state index in [1.54, 1.807) is 55.4 Å². The van der Waals surface area contributed by atoms with E-state index in [4.69, 9.17) is 19.6 Å². The van der Waals surface area contributed by atoms with Crippen LogP contribution in [0.1, 0.15) is 120 Å². The Bertz CT molecular complexity index is 3570. The molecular weight excluding hydrogens is 1200 g/mol. The number of hydrogen-bond donors (Lipinski definition) is 5. The van der Waals surface area contributed by atoms with Gasteiger partial charge in [0.15, 0.2) is 17.1 Å². The number of carbonyl (C=O) groups is 13. The van der Waals surface area contributed by atoms with Crippen LogP contribution >= 0.6 is 0 Å². The molecule has 0 aromatic heterocycles. The van der Waals surface area contributed by atoms with E-state index < -0.39 is 238 Å². The number of halogens is 1. The molecule has 6 aliphatic rings. The number of ketones is 1. The smallest absolute Gasteiger partial charge is 0.329 e. The number of likely N-dealkylation sites (N-methyl/N-ethyl adjacent to an activating group) is 4. The number of aromatic nitrogens is 1. The van der Waals surface area contributed by atoms with Gasteiger partial charge in [0, 0.05) is 52.3 Å². The third-order valence-corrected chi connectivity index (χ3v) is 17.5. The number of aryl methyl sites for hydroxylation is 1. The van der Waals surface area contributed by atoms with Crippen molar-refractivity contribution in [3.8, 4) is 11.5 Å². The number of carbonyl (C=O) groups excluding carboxylic acids is 13. The molecule has 10 unspecified atom stereocenters. The van der Waals surface area contributed by atoms with Crippen LogP contribution in [0.15, 0.2) is 15.3 Å². The number of fused-ring (bicyclic) bond motifs is 4. The third kappa shape index (κ3) is 13.9. The second-order valence-electron chi connectivity index (χ2n) is 25.7. The summed E-state index contributed by atoms with van der Waals surface area (Å²) in [5, 5.41) is 10.2. The highest BCUT2D eigenvalue weighted by atomic mass is 19.1. The average molecular weight is 1290 g/mol. The Morgan fingerprint density at radius 1 is 0.641 bits per heavy atom. The number of amides is 10. The van der Waals surface area contributed by atoms with E-state index in [2.05, 4.69) is 26.3 Å². The van der Waals surface area contributed by atoms with Crippen LogP contribution in [0.3, 0.4) is 0 Å². The number of ether oxygens (including phenoxy) is 2. The molecule has 0 spiro atoms. The number of nitrogens with zero attached hydrogens (tertiary/aromatic N) is 7. The van der Waals surface area contributed by atoms with Gasteiger partial charge < -0.3 is 70.3 Å². The summed E-state index contributed by atoms with van der Waals surface area (Å²) in [6, 6.07) is -11.1. The maximum atomic E-state index is 16.4. The Labute approximate surface area is 530 Å². The van der Waals surface area contributed by atoms with E-state index in [9.17, 15) is 57.5 Å². The molecule has 92 heavy (non-hydrogen) atoms. The normalized spacial score (nSPS) is 25.9. The molecule has 5 heterocycles. The van der Waals surface area contributed by atoms with Gasteiger partial charge in [-0.1, -0.05) is 55.4 Å². The van der Waals surface area contributed by atoms with Crippen molar-refractivity contribution in [3.05, 3.63) is 44.4 Å². The fourth-order valence-electron chi connectivity index (χ4n) is 12.2. The highest BCUT2D eigenvalue weighted by Gasteiger charge is 2.48. The zero-order valence-corrected chi connectivity index (χ0v) is 54.6. The van der Waals surface area contributed by atoms with Crippen molar-refractivity contribution in [1.29, 1.82) is 0 Å². The van der Waals surface area contributed by atoms with Gasteiger partial charge in [0.1, 0.15) is 77.6 Å². The quantitative estimate of drug-likeness (QED) is 0.113. The minimum absolute atomic E-state index is 0.128. The zero-order chi connectivity index (χ0) is 68.7. The summed E-state index contributed by atoms with van der Waals surface area (Å²) in [5.74, 6) is -15.9. The summed E-state index contributed by atoms with van der Waals surface area (Å²) in [6.45, 7) is 16.4. The summed E-state index contributed by atoms with van der Waals surface area (Å²) in [7, 11) is 5.32. The molecule has 10 atom stereocenters. The lowest BCUT2D eigenvalue weighted by atomic mass is 9.98. The van der Waals surface area contributed by atoms with Crippen molar-refractivity contribution in [2.75, 3.05) is 60.1 Å². The van der Waals surface area contributed by atoms with E-state index in [-0.39, 0.29) is 24.1 Å². The minimum atomic E-state index is -2.01. The number of nitrogens with two attached hydrogens (primary N) is 1. The monoisotopic (exact) mass is 1290 g/mol. The fraction of sp³-hybridized carbons (Fsp3) is 0.597. The maximum Gasteiger partial charge on any atom is 0.329 e. The van der Waals surface area contributed by atoms with E-state index in [0.717, 1.165) is 25.7 Å². The molecule has 4 fully saturated rings. The van der Waals surface area contributed by atoms with Crippen molar-refractivity contribution in [3.63, 3.8) is 0 Å². The highest BCUT2D eigenvalue weighted by molar-refractivity contribution is 6.11. The lowest BCUT2D eigenvalue weighted by Gasteiger charge is -2.36. The molecule has 0 bridgehead atoms. The van der Waals surface area contributed by atoms with Gasteiger partial charge in [0.2, 0.25) is 52.7 Å². The summed E-state index contributed by atoms with van der Waals surface area (Å²) in [5.41, 5.74) is 1.20. The molecule has 7 rings (SSSR count). The van der Waals surface area contributed by atoms with E-state index >= 15 is 14.0 Å². The molecule has 0 saturated carbocycles. The molecule has 4 saturated heterocycles. The van der Waals surface area contributed by atoms with Gasteiger partial charge in [-0.3, -0.25) is 57.5 Å². The predicted octanol–water partition coefficient (Wildman–Crippen LogP) is 0.0437. The van der Waals surface area contributed by atoms with Crippen LogP contribution in [-0.2, 0) is 62.2 Å². The number of hydrogen-bond acceptors (Lipinski definition) is 19. The Kier molecular flexibility index (Phi) is 21.2. The molecule has 1 aromatic carbocycles. The molecule has 6 N–H and O–H groups in total. The zero-order valence-electron chi connectivity index (χ0n) is 54.6. The summed E-state index contributed by atoms with van der Waals surface area (Å²) in [6.07, 6.45) is -3.05. The van der Waals surface area contributed by atoms with E-state index in [0.29, 0.717) is 6.42 Å². The highest BCUT2D eigenvalue weighted by Crippen LogP contribution is 2.36. The first-order valence-electron chi connectivity index (χ1n) is 30.5. The second kappa shape index (κ2) is 27.8. The van der Waals surface area contributed by atoms with Crippen LogP contribution in [-0.4, -0.2) is 226 Å². The van der Waals surface area contributed by atoms with Gasteiger partial charge in [-0.15, -0.1) is 0 Å². The van der Waals surface area contributed by atoms with Gasteiger partial charge in [0.05, 0.1) is 36.4 Å². The molecule has 500 valence electrons. The third-order valence-electron chi connectivity index (χ3n) is 17.5. The van der Waals surface area contributed by atoms with Crippen molar-refractivity contribution >= 4 is 93.6 Å². The lowest BCUT2D eigenvalue weighted by molar-refractivity contribution is -0.163. The Hall–Kier alpha value is -9.12. The number of anilines is 1. The number of nitrogen functional groups attached to an aromatic ring is 1. The van der Waals surface area contributed by atoms with Crippen LogP contribution in [0.5, 0.6) is 0 Å². The summed E-state index contributed by atoms with van der Waals surface area (Å²) in [4.78, 5) is 211. The van der Waals surface area contributed by atoms with Crippen LogP contribution in [0.2, 0.25) is 0 Å². The van der Waals surface area contributed by atoms with Gasteiger partial charge in [-0.2, -0.15) is 0 Å². The number of esters is 2. The molecule has 0 radical (unpaired) electrons. The van der Waals surface area contributed by atoms with Gasteiger partial charge in [0.25, 0.3) is 11.8 Å². The lowest BCUT2D eigenvalue weighted by Crippen LogP contribution is -2.61. The Morgan fingerprint density at radius 2 is 1.11 bits per heavy atom. The van der Waals surface area contributed by atoms with Crippen molar-refractivity contribution in [1.82, 2.24) is 55.7 Å². The largest absolute Gasteiger partial charge is 0.458 e. The van der Waals surface area contributed by atoms with E-state index in [1.807, 2.05) is 0 Å². The van der Waals surface area contributed by atoms with Crippen LogP contribution < -0.4 is 32.4 Å². The minimum Gasteiger partial charge on any atom is -0.458 e. The number of benzene rings is 2. The predicted molar refractivity (Wildman–Crippen MR) is 326 cm³/mol. The molecule has 1 aromatic rings. The van der Waals surface area contributed by atoms with Crippen LogP contribution in [0, 0.1) is 43.3 Å².